The summed E-state index contributed by atoms with van der Waals surface area (Å²) < 4.78 is 1.51. The average Bonchev–Trinajstić information content (AvgIpc) is 2.99. The number of nitrogens with zero attached hydrogens (tertiary/aromatic N) is 4. The molecule has 1 aromatic heterocycles. The highest BCUT2D eigenvalue weighted by Gasteiger charge is 2.12. The molecule has 3 rings (SSSR count). The summed E-state index contributed by atoms with van der Waals surface area (Å²) in [7, 11) is 0. The van der Waals surface area contributed by atoms with Crippen molar-refractivity contribution in [2.75, 3.05) is 5.84 Å². The monoisotopic (exact) mass is 353 g/mol. The second kappa shape index (κ2) is 7.90. The fraction of sp³-hybridized carbons (Fsp3) is 0.118. The molecule has 0 unspecified atom stereocenters. The van der Waals surface area contributed by atoms with E-state index in [-0.39, 0.29) is 0 Å². The van der Waals surface area contributed by atoms with Crippen LogP contribution in [-0.4, -0.2) is 14.9 Å². The van der Waals surface area contributed by atoms with E-state index in [0.29, 0.717) is 21.6 Å². The number of rotatable bonds is 6. The summed E-state index contributed by atoms with van der Waals surface area (Å²) in [4.78, 5) is 0. The van der Waals surface area contributed by atoms with E-state index in [2.05, 4.69) is 28.4 Å². The Bertz CT molecular complexity index is 855. The maximum absolute atomic E-state index is 9.13. The van der Waals surface area contributed by atoms with E-state index in [1.165, 1.54) is 22.0 Å². The molecule has 2 N–H and O–H groups in total. The van der Waals surface area contributed by atoms with Crippen molar-refractivity contribution in [3.05, 3.63) is 71.3 Å². The van der Waals surface area contributed by atoms with Gasteiger partial charge in [0.05, 0.1) is 11.6 Å². The summed E-state index contributed by atoms with van der Waals surface area (Å²) in [6, 6.07) is 19.9. The van der Waals surface area contributed by atoms with Gasteiger partial charge >= 0.3 is 0 Å². The van der Waals surface area contributed by atoms with Crippen LogP contribution in [0.5, 0.6) is 0 Å². The molecule has 1 heterocycles. The number of benzene rings is 2. The van der Waals surface area contributed by atoms with Gasteiger partial charge in [-0.05, 0) is 17.2 Å². The first kappa shape index (κ1) is 16.4. The minimum absolute atomic E-state index is 0.627. The van der Waals surface area contributed by atoms with Gasteiger partial charge in [0.15, 0.2) is 0 Å². The highest BCUT2D eigenvalue weighted by Crippen LogP contribution is 2.26. The first-order valence-corrected chi connectivity index (χ1v) is 9.23. The standard InChI is InChI=1S/C17H15N5S2/c18-10-14-8-4-5-9-15(14)12-24-17-21-20-16(22(17)19)23-11-13-6-2-1-3-7-13/h1-9H,11-12,19H2. The van der Waals surface area contributed by atoms with Gasteiger partial charge in [-0.3, -0.25) is 0 Å². The highest BCUT2D eigenvalue weighted by molar-refractivity contribution is 7.99. The van der Waals surface area contributed by atoms with Crippen LogP contribution in [-0.2, 0) is 11.5 Å². The highest BCUT2D eigenvalue weighted by atomic mass is 32.2. The number of nitrogen functional groups attached to an aromatic ring is 1. The molecule has 0 aliphatic rings. The van der Waals surface area contributed by atoms with Crippen molar-refractivity contribution in [3.8, 4) is 6.07 Å². The van der Waals surface area contributed by atoms with Crippen molar-refractivity contribution < 1.29 is 0 Å². The molecule has 0 amide bonds. The van der Waals surface area contributed by atoms with Crippen molar-refractivity contribution in [1.82, 2.24) is 14.9 Å². The van der Waals surface area contributed by atoms with E-state index in [0.717, 1.165) is 11.3 Å². The molecule has 0 atom stereocenters. The van der Waals surface area contributed by atoms with Crippen LogP contribution in [0.2, 0.25) is 0 Å². The van der Waals surface area contributed by atoms with Crippen molar-refractivity contribution in [3.63, 3.8) is 0 Å². The van der Waals surface area contributed by atoms with Crippen LogP contribution in [0.15, 0.2) is 64.9 Å². The summed E-state index contributed by atoms with van der Waals surface area (Å²) >= 11 is 3.02. The summed E-state index contributed by atoms with van der Waals surface area (Å²) in [6.07, 6.45) is 0. The van der Waals surface area contributed by atoms with Gasteiger partial charge in [-0.1, -0.05) is 72.1 Å². The van der Waals surface area contributed by atoms with E-state index >= 15 is 0 Å². The van der Waals surface area contributed by atoms with Crippen LogP contribution in [0.25, 0.3) is 0 Å². The molecular weight excluding hydrogens is 338 g/mol. The molecule has 0 radical (unpaired) electrons. The SMILES string of the molecule is N#Cc1ccccc1CSc1nnc(SCc2ccccc2)n1N. The maximum atomic E-state index is 9.13. The lowest BCUT2D eigenvalue weighted by atomic mass is 10.1. The third-order valence-electron chi connectivity index (χ3n) is 3.34. The van der Waals surface area contributed by atoms with Gasteiger partial charge in [0.1, 0.15) is 0 Å². The Balaban J connectivity index is 1.64. The molecular formula is C17H15N5S2. The second-order valence-corrected chi connectivity index (χ2v) is 6.85. The lowest BCUT2D eigenvalue weighted by molar-refractivity contribution is 0.781. The lowest BCUT2D eigenvalue weighted by Gasteiger charge is -2.05. The molecule has 0 saturated heterocycles. The molecule has 7 heteroatoms. The summed E-state index contributed by atoms with van der Waals surface area (Å²) in [5.74, 6) is 7.50. The second-order valence-electron chi connectivity index (χ2n) is 4.97. The van der Waals surface area contributed by atoms with E-state index in [9.17, 15) is 0 Å². The fourth-order valence-corrected chi connectivity index (χ4v) is 3.81. The number of hydrogen-bond donors (Lipinski definition) is 1. The van der Waals surface area contributed by atoms with Crippen LogP contribution < -0.4 is 5.84 Å². The third-order valence-corrected chi connectivity index (χ3v) is 5.34. The van der Waals surface area contributed by atoms with Crippen molar-refractivity contribution in [2.24, 2.45) is 0 Å². The average molecular weight is 353 g/mol. The van der Waals surface area contributed by atoms with Gasteiger partial charge < -0.3 is 5.84 Å². The third kappa shape index (κ3) is 3.91. The fourth-order valence-electron chi connectivity index (χ4n) is 2.08. The molecule has 5 nitrogen and oxygen atoms in total. The molecule has 3 aromatic rings. The van der Waals surface area contributed by atoms with Crippen molar-refractivity contribution in [1.29, 1.82) is 5.26 Å². The molecule has 2 aromatic carbocycles. The number of nitriles is 1. The van der Waals surface area contributed by atoms with Crippen molar-refractivity contribution in [2.45, 2.75) is 21.8 Å². The molecule has 0 bridgehead atoms. The van der Waals surface area contributed by atoms with Gasteiger partial charge in [-0.25, -0.2) is 4.68 Å². The topological polar surface area (TPSA) is 80.5 Å². The van der Waals surface area contributed by atoms with Crippen LogP contribution in [0.1, 0.15) is 16.7 Å². The van der Waals surface area contributed by atoms with Gasteiger partial charge in [-0.15, -0.1) is 10.2 Å². The Labute approximate surface area is 148 Å². The van der Waals surface area contributed by atoms with E-state index < -0.39 is 0 Å². The van der Waals surface area contributed by atoms with Crippen LogP contribution in [0.3, 0.4) is 0 Å². The first-order valence-electron chi connectivity index (χ1n) is 7.26. The number of thioether (sulfide) groups is 2. The Hall–Kier alpha value is -2.43. The zero-order valence-electron chi connectivity index (χ0n) is 12.8. The molecule has 24 heavy (non-hydrogen) atoms. The summed E-state index contributed by atoms with van der Waals surface area (Å²) in [5.41, 5.74) is 2.85. The van der Waals surface area contributed by atoms with Gasteiger partial charge in [-0.2, -0.15) is 5.26 Å². The number of hydrogen-bond acceptors (Lipinski definition) is 6. The molecule has 0 saturated carbocycles. The zero-order valence-corrected chi connectivity index (χ0v) is 14.4. The summed E-state index contributed by atoms with van der Waals surface area (Å²) in [5, 5.41) is 18.7. The Kier molecular flexibility index (Phi) is 5.41. The van der Waals surface area contributed by atoms with E-state index in [4.69, 9.17) is 11.1 Å². The van der Waals surface area contributed by atoms with Crippen LogP contribution in [0, 0.1) is 11.3 Å². The van der Waals surface area contributed by atoms with Gasteiger partial charge in [0, 0.05) is 11.5 Å². The van der Waals surface area contributed by atoms with Crippen LogP contribution in [0.4, 0.5) is 0 Å². The predicted molar refractivity (Wildman–Crippen MR) is 96.9 cm³/mol. The maximum Gasteiger partial charge on any atom is 0.210 e. The Morgan fingerprint density at radius 3 is 2.25 bits per heavy atom. The van der Waals surface area contributed by atoms with E-state index in [1.54, 1.807) is 11.8 Å². The largest absolute Gasteiger partial charge is 0.335 e. The lowest BCUT2D eigenvalue weighted by Crippen LogP contribution is -2.11. The summed E-state index contributed by atoms with van der Waals surface area (Å²) in [6.45, 7) is 0. The minimum atomic E-state index is 0.627. The van der Waals surface area contributed by atoms with E-state index in [1.807, 2.05) is 42.5 Å². The van der Waals surface area contributed by atoms with Gasteiger partial charge in [0.25, 0.3) is 0 Å². The Morgan fingerprint density at radius 1 is 0.917 bits per heavy atom. The quantitative estimate of drug-likeness (QED) is 0.540. The van der Waals surface area contributed by atoms with Gasteiger partial charge in [0.2, 0.25) is 10.3 Å². The zero-order chi connectivity index (χ0) is 16.8. The van der Waals surface area contributed by atoms with Crippen LogP contribution >= 0.6 is 23.5 Å². The number of nitrogens with two attached hydrogens (primary N) is 1. The number of aromatic nitrogens is 3. The first-order chi connectivity index (χ1) is 11.8. The molecule has 0 aliphatic heterocycles. The predicted octanol–water partition coefficient (Wildman–Crippen LogP) is 3.45. The smallest absolute Gasteiger partial charge is 0.210 e. The normalized spacial score (nSPS) is 10.5. The molecule has 120 valence electrons. The molecule has 0 fully saturated rings. The molecule has 0 spiro atoms. The minimum Gasteiger partial charge on any atom is -0.335 e. The molecule has 0 aliphatic carbocycles. The van der Waals surface area contributed by atoms with Crippen molar-refractivity contribution >= 4 is 23.5 Å². The Morgan fingerprint density at radius 2 is 1.54 bits per heavy atom.